The molecule has 198 valence electrons. The van der Waals surface area contributed by atoms with E-state index in [2.05, 4.69) is 13.6 Å². The molecular weight excluding hydrogens is 520 g/mol. The van der Waals surface area contributed by atoms with E-state index in [0.29, 0.717) is 11.1 Å². The zero-order valence-electron chi connectivity index (χ0n) is 19.6. The number of aliphatic carboxylic acids is 2. The Morgan fingerprint density at radius 2 is 1.18 bits per heavy atom. The minimum Gasteiger partial charge on any atom is -0.481 e. The monoisotopic (exact) mass is 536 g/mol. The lowest BCUT2D eigenvalue weighted by molar-refractivity contribution is -0.154. The maximum Gasteiger partial charge on any atom is 0.346 e. The van der Waals surface area contributed by atoms with Crippen LogP contribution < -0.4 is 22.5 Å². The van der Waals surface area contributed by atoms with E-state index in [1.807, 2.05) is 0 Å². The van der Waals surface area contributed by atoms with Gasteiger partial charge >= 0.3 is 46.4 Å². The largest absolute Gasteiger partial charge is 0.481 e. The zero-order valence-corrected chi connectivity index (χ0v) is 19.6. The van der Waals surface area contributed by atoms with Crippen molar-refractivity contribution in [2.75, 3.05) is 0 Å². The Balaban J connectivity index is 0.000000168. The van der Waals surface area contributed by atoms with Gasteiger partial charge < -0.3 is 23.8 Å². The summed E-state index contributed by atoms with van der Waals surface area (Å²) in [6.07, 6.45) is -0.127. The Labute approximate surface area is 214 Å². The van der Waals surface area contributed by atoms with Crippen LogP contribution in [0.2, 0.25) is 0 Å². The molecule has 2 aromatic heterocycles. The second-order valence-electron chi connectivity index (χ2n) is 9.13. The zero-order chi connectivity index (χ0) is 28.2. The van der Waals surface area contributed by atoms with E-state index in [9.17, 15) is 48.6 Å². The van der Waals surface area contributed by atoms with Crippen LogP contribution in [0, 0.1) is 11.8 Å². The molecule has 39 heavy (non-hydrogen) atoms. The van der Waals surface area contributed by atoms with Crippen LogP contribution in [0.4, 0.5) is 0 Å². The SMILES string of the molecule is O=C1CC(C2CC(C(=O)O)C(C(=O)O)c3ccccc32)C(=O)O1.O=c1oc(=O)c2cc3c(=O)oc(=O)c3cc12. The van der Waals surface area contributed by atoms with Gasteiger partial charge in [-0.3, -0.25) is 19.2 Å². The molecule has 2 aromatic carbocycles. The van der Waals surface area contributed by atoms with Gasteiger partial charge in [-0.05, 0) is 35.6 Å². The van der Waals surface area contributed by atoms with Crippen molar-refractivity contribution in [2.24, 2.45) is 11.8 Å². The quantitative estimate of drug-likeness (QED) is 0.272. The normalized spacial score (nSPS) is 22.3. The first-order chi connectivity index (χ1) is 18.5. The molecule has 1 aliphatic heterocycles. The Bertz CT molecular complexity index is 1750. The number of carbonyl (C=O) groups excluding carboxylic acids is 2. The lowest BCUT2D eigenvalue weighted by Gasteiger charge is -2.35. The summed E-state index contributed by atoms with van der Waals surface area (Å²) in [4.78, 5) is 91.1. The Morgan fingerprint density at radius 1 is 0.692 bits per heavy atom. The number of esters is 2. The van der Waals surface area contributed by atoms with Crippen molar-refractivity contribution in [3.05, 3.63) is 89.2 Å². The van der Waals surface area contributed by atoms with E-state index in [0.717, 1.165) is 12.1 Å². The maximum atomic E-state index is 11.9. The Kier molecular flexibility index (Phi) is 6.05. The number of cyclic esters (lactones) is 2. The molecule has 4 unspecified atom stereocenters. The van der Waals surface area contributed by atoms with Crippen LogP contribution in [-0.2, 0) is 23.9 Å². The van der Waals surface area contributed by atoms with E-state index in [1.54, 1.807) is 24.3 Å². The maximum absolute atomic E-state index is 11.9. The number of carbonyl (C=O) groups is 4. The van der Waals surface area contributed by atoms with Crippen molar-refractivity contribution in [1.82, 2.24) is 0 Å². The number of carboxylic acids is 2. The fourth-order valence-electron chi connectivity index (χ4n) is 5.28. The lowest BCUT2D eigenvalue weighted by Crippen LogP contribution is -2.36. The molecule has 2 aliphatic rings. The highest BCUT2D eigenvalue weighted by molar-refractivity contribution is 5.97. The Morgan fingerprint density at radius 3 is 1.59 bits per heavy atom. The molecule has 6 rings (SSSR count). The summed E-state index contributed by atoms with van der Waals surface area (Å²) in [5.74, 6) is -7.38. The topological polar surface area (TPSA) is 213 Å². The lowest BCUT2D eigenvalue weighted by atomic mass is 9.66. The fourth-order valence-corrected chi connectivity index (χ4v) is 5.28. The number of benzene rings is 2. The predicted molar refractivity (Wildman–Crippen MR) is 128 cm³/mol. The second kappa shape index (κ2) is 9.28. The van der Waals surface area contributed by atoms with Crippen LogP contribution in [0.5, 0.6) is 0 Å². The molecule has 4 atom stereocenters. The molecule has 0 saturated carbocycles. The van der Waals surface area contributed by atoms with Crippen LogP contribution in [0.25, 0.3) is 21.5 Å². The molecular formula is C26H16O13. The van der Waals surface area contributed by atoms with E-state index in [4.69, 9.17) is 0 Å². The molecule has 1 saturated heterocycles. The van der Waals surface area contributed by atoms with Crippen molar-refractivity contribution in [1.29, 1.82) is 0 Å². The first kappa shape index (κ1) is 25.4. The van der Waals surface area contributed by atoms with Gasteiger partial charge in [0.25, 0.3) is 0 Å². The molecule has 0 radical (unpaired) electrons. The van der Waals surface area contributed by atoms with Gasteiger partial charge in [-0.2, -0.15) is 0 Å². The third-order valence-corrected chi connectivity index (χ3v) is 7.02. The average Bonchev–Trinajstić information content (AvgIpc) is 3.48. The van der Waals surface area contributed by atoms with Crippen LogP contribution >= 0.6 is 0 Å². The third-order valence-electron chi connectivity index (χ3n) is 7.02. The second-order valence-corrected chi connectivity index (χ2v) is 9.13. The number of furan rings is 2. The van der Waals surface area contributed by atoms with Crippen molar-refractivity contribution >= 4 is 45.4 Å². The standard InChI is InChI=1S/C16H14O7.C10H2O6/c17-12-6-10(16(22)23-12)9-5-11(14(18)19)13(15(20)21)8-4-2-1-3-7(8)9;11-7-3-1-4-6(10(14)16-8(4)12)2-5(3)9(13)15-7/h1-4,9-11,13H,5-6H2,(H,18,19)(H,20,21);1-2H. The van der Waals surface area contributed by atoms with Crippen LogP contribution in [0.1, 0.15) is 35.8 Å². The summed E-state index contributed by atoms with van der Waals surface area (Å²) in [5.41, 5.74) is -2.31. The summed E-state index contributed by atoms with van der Waals surface area (Å²) >= 11 is 0. The van der Waals surface area contributed by atoms with Gasteiger partial charge in [-0.1, -0.05) is 24.3 Å². The molecule has 4 aromatic rings. The van der Waals surface area contributed by atoms with Crippen molar-refractivity contribution in [3.63, 3.8) is 0 Å². The van der Waals surface area contributed by atoms with Gasteiger partial charge in [0.1, 0.15) is 0 Å². The summed E-state index contributed by atoms with van der Waals surface area (Å²) < 4.78 is 13.2. The van der Waals surface area contributed by atoms with Gasteiger partial charge in [0.2, 0.25) is 0 Å². The van der Waals surface area contributed by atoms with Gasteiger partial charge in [0.05, 0.1) is 45.7 Å². The van der Waals surface area contributed by atoms with E-state index >= 15 is 0 Å². The number of fused-ring (bicyclic) bond motifs is 3. The highest BCUT2D eigenvalue weighted by Gasteiger charge is 2.49. The van der Waals surface area contributed by atoms with E-state index in [-0.39, 0.29) is 34.4 Å². The molecule has 3 heterocycles. The van der Waals surface area contributed by atoms with Crippen LogP contribution in [0.15, 0.2) is 64.4 Å². The average molecular weight is 536 g/mol. The number of ether oxygens (including phenoxy) is 1. The molecule has 2 N–H and O–H groups in total. The first-order valence-corrected chi connectivity index (χ1v) is 11.5. The molecule has 13 heteroatoms. The third kappa shape index (κ3) is 4.23. The summed E-state index contributed by atoms with van der Waals surface area (Å²) in [7, 11) is 0. The highest BCUT2D eigenvalue weighted by Crippen LogP contribution is 2.48. The number of hydrogen-bond donors (Lipinski definition) is 2. The van der Waals surface area contributed by atoms with Crippen LogP contribution in [0.3, 0.4) is 0 Å². The van der Waals surface area contributed by atoms with Gasteiger partial charge in [0.15, 0.2) is 0 Å². The molecule has 0 bridgehead atoms. The number of hydrogen-bond acceptors (Lipinski definition) is 11. The van der Waals surface area contributed by atoms with Crippen molar-refractivity contribution < 1.29 is 43.0 Å². The molecule has 0 spiro atoms. The Hall–Kier alpha value is -5.20. The minimum atomic E-state index is -1.23. The van der Waals surface area contributed by atoms with E-state index in [1.165, 1.54) is 0 Å². The summed E-state index contributed by atoms with van der Waals surface area (Å²) in [6.45, 7) is 0. The first-order valence-electron chi connectivity index (χ1n) is 11.5. The van der Waals surface area contributed by atoms with E-state index < -0.39 is 70.1 Å². The minimum absolute atomic E-state index is 0.0175. The van der Waals surface area contributed by atoms with Gasteiger partial charge in [-0.25, -0.2) is 19.2 Å². The van der Waals surface area contributed by atoms with Crippen molar-refractivity contribution in [2.45, 2.75) is 24.7 Å². The highest BCUT2D eigenvalue weighted by atomic mass is 16.6. The predicted octanol–water partition coefficient (Wildman–Crippen LogP) is 0.628. The number of carboxylic acid groups (broad SMARTS) is 2. The summed E-state index contributed by atoms with van der Waals surface area (Å²) in [5, 5.41) is 18.8. The van der Waals surface area contributed by atoms with Crippen molar-refractivity contribution in [3.8, 4) is 0 Å². The molecule has 1 aliphatic carbocycles. The molecule has 1 fully saturated rings. The summed E-state index contributed by atoms with van der Waals surface area (Å²) in [6, 6.07) is 8.88. The van der Waals surface area contributed by atoms with Gasteiger partial charge in [0, 0.05) is 0 Å². The van der Waals surface area contributed by atoms with Gasteiger partial charge in [-0.15, -0.1) is 0 Å². The van der Waals surface area contributed by atoms with Crippen LogP contribution in [-0.4, -0.2) is 34.1 Å². The number of rotatable bonds is 3. The molecule has 0 amide bonds. The smallest absolute Gasteiger partial charge is 0.346 e. The fraction of sp³-hybridized carbons (Fsp3) is 0.231. The molecule has 13 nitrogen and oxygen atoms in total.